The van der Waals surface area contributed by atoms with Gasteiger partial charge in [0.15, 0.2) is 12.3 Å². The lowest BCUT2D eigenvalue weighted by molar-refractivity contribution is -0.119. The van der Waals surface area contributed by atoms with Gasteiger partial charge >= 0.3 is 5.97 Å². The SMILES string of the molecule is Cc1cccc(NC(=O)COC(=O)c2cnccn2)c1C. The van der Waals surface area contributed by atoms with E-state index in [1.54, 1.807) is 6.07 Å². The molecule has 0 spiro atoms. The summed E-state index contributed by atoms with van der Waals surface area (Å²) in [5, 5.41) is 2.71. The standard InChI is InChI=1S/C15H15N3O3/c1-10-4-3-5-12(11(10)2)18-14(19)9-21-15(20)13-8-16-6-7-17-13/h3-8H,9H2,1-2H3,(H,18,19). The molecule has 0 saturated carbocycles. The predicted octanol–water partition coefficient (Wildman–Crippen LogP) is 1.89. The van der Waals surface area contributed by atoms with Crippen molar-refractivity contribution in [1.29, 1.82) is 0 Å². The first kappa shape index (κ1) is 14.6. The third kappa shape index (κ3) is 3.85. The molecule has 0 saturated heterocycles. The molecule has 1 N–H and O–H groups in total. The van der Waals surface area contributed by atoms with Crippen LogP contribution >= 0.6 is 0 Å². The molecule has 6 nitrogen and oxygen atoms in total. The first-order chi connectivity index (χ1) is 10.1. The van der Waals surface area contributed by atoms with Gasteiger partial charge in [-0.3, -0.25) is 9.78 Å². The number of hydrogen-bond donors (Lipinski definition) is 1. The summed E-state index contributed by atoms with van der Waals surface area (Å²) in [7, 11) is 0. The number of nitrogens with one attached hydrogen (secondary N) is 1. The van der Waals surface area contributed by atoms with Crippen molar-refractivity contribution in [3.63, 3.8) is 0 Å². The van der Waals surface area contributed by atoms with Crippen LogP contribution in [0.4, 0.5) is 5.69 Å². The largest absolute Gasteiger partial charge is 0.451 e. The van der Waals surface area contributed by atoms with Crippen LogP contribution in [0.15, 0.2) is 36.8 Å². The second kappa shape index (κ2) is 6.60. The highest BCUT2D eigenvalue weighted by molar-refractivity contribution is 5.95. The van der Waals surface area contributed by atoms with Crippen molar-refractivity contribution in [2.75, 3.05) is 11.9 Å². The predicted molar refractivity (Wildman–Crippen MR) is 76.9 cm³/mol. The Balaban J connectivity index is 1.91. The zero-order chi connectivity index (χ0) is 15.2. The first-order valence-electron chi connectivity index (χ1n) is 6.37. The van der Waals surface area contributed by atoms with Gasteiger partial charge in [-0.25, -0.2) is 9.78 Å². The van der Waals surface area contributed by atoms with E-state index in [2.05, 4.69) is 15.3 Å². The van der Waals surface area contributed by atoms with Crippen LogP contribution in [0.25, 0.3) is 0 Å². The fourth-order valence-electron chi connectivity index (χ4n) is 1.68. The van der Waals surface area contributed by atoms with E-state index in [-0.39, 0.29) is 12.3 Å². The lowest BCUT2D eigenvalue weighted by atomic mass is 10.1. The number of nitrogens with zero attached hydrogens (tertiary/aromatic N) is 2. The maximum atomic E-state index is 11.8. The molecule has 0 radical (unpaired) electrons. The third-order valence-corrected chi connectivity index (χ3v) is 2.99. The number of aryl methyl sites for hydroxylation is 1. The summed E-state index contributed by atoms with van der Waals surface area (Å²) in [5.74, 6) is -1.08. The Hall–Kier alpha value is -2.76. The number of anilines is 1. The molecule has 1 heterocycles. The number of amides is 1. The highest BCUT2D eigenvalue weighted by Crippen LogP contribution is 2.17. The van der Waals surface area contributed by atoms with Gasteiger partial charge in [0.2, 0.25) is 0 Å². The minimum absolute atomic E-state index is 0.0667. The molecular weight excluding hydrogens is 270 g/mol. The number of benzene rings is 1. The van der Waals surface area contributed by atoms with Gasteiger partial charge < -0.3 is 10.1 Å². The van der Waals surface area contributed by atoms with Crippen molar-refractivity contribution < 1.29 is 14.3 Å². The van der Waals surface area contributed by atoms with Crippen molar-refractivity contribution in [2.24, 2.45) is 0 Å². The van der Waals surface area contributed by atoms with E-state index in [0.717, 1.165) is 11.1 Å². The van der Waals surface area contributed by atoms with Gasteiger partial charge in [0.05, 0.1) is 6.20 Å². The second-order valence-electron chi connectivity index (χ2n) is 4.46. The molecule has 0 fully saturated rings. The molecular formula is C15H15N3O3. The zero-order valence-electron chi connectivity index (χ0n) is 11.8. The molecule has 1 aromatic heterocycles. The van der Waals surface area contributed by atoms with E-state index in [9.17, 15) is 9.59 Å². The number of aromatic nitrogens is 2. The Kier molecular flexibility index (Phi) is 4.61. The van der Waals surface area contributed by atoms with Crippen molar-refractivity contribution in [2.45, 2.75) is 13.8 Å². The zero-order valence-corrected chi connectivity index (χ0v) is 11.8. The van der Waals surface area contributed by atoms with Gasteiger partial charge in [0.25, 0.3) is 5.91 Å². The summed E-state index contributed by atoms with van der Waals surface area (Å²) < 4.78 is 4.88. The van der Waals surface area contributed by atoms with Crippen LogP contribution in [0.1, 0.15) is 21.6 Å². The summed E-state index contributed by atoms with van der Waals surface area (Å²) in [5.41, 5.74) is 2.82. The normalized spacial score (nSPS) is 10.0. The maximum absolute atomic E-state index is 11.8. The maximum Gasteiger partial charge on any atom is 0.359 e. The molecule has 21 heavy (non-hydrogen) atoms. The number of ether oxygens (including phenoxy) is 1. The summed E-state index contributed by atoms with van der Waals surface area (Å²) in [6.07, 6.45) is 4.11. The second-order valence-corrected chi connectivity index (χ2v) is 4.46. The summed E-state index contributed by atoms with van der Waals surface area (Å²) in [6, 6.07) is 5.60. The van der Waals surface area contributed by atoms with Gasteiger partial charge in [-0.1, -0.05) is 12.1 Å². The summed E-state index contributed by atoms with van der Waals surface area (Å²) in [6.45, 7) is 3.50. The topological polar surface area (TPSA) is 81.2 Å². The first-order valence-corrected chi connectivity index (χ1v) is 6.37. The smallest absolute Gasteiger partial charge is 0.359 e. The summed E-state index contributed by atoms with van der Waals surface area (Å²) in [4.78, 5) is 31.0. The number of esters is 1. The molecule has 6 heteroatoms. The van der Waals surface area contributed by atoms with Crippen LogP contribution in [-0.4, -0.2) is 28.5 Å². The fourth-order valence-corrected chi connectivity index (χ4v) is 1.68. The molecule has 0 unspecified atom stereocenters. The van der Waals surface area contributed by atoms with E-state index in [0.29, 0.717) is 5.69 Å². The van der Waals surface area contributed by atoms with Crippen LogP contribution in [-0.2, 0) is 9.53 Å². The van der Waals surface area contributed by atoms with Crippen LogP contribution in [0.5, 0.6) is 0 Å². The van der Waals surface area contributed by atoms with Crippen LogP contribution in [0.2, 0.25) is 0 Å². The minimum atomic E-state index is -0.681. The lowest BCUT2D eigenvalue weighted by Crippen LogP contribution is -2.21. The number of rotatable bonds is 4. The molecule has 0 aliphatic rings. The molecule has 0 atom stereocenters. The van der Waals surface area contributed by atoms with Gasteiger partial charge in [0.1, 0.15) is 0 Å². The monoisotopic (exact) mass is 285 g/mol. The average molecular weight is 285 g/mol. The number of carbonyl (C=O) groups excluding carboxylic acids is 2. The highest BCUT2D eigenvalue weighted by atomic mass is 16.5. The van der Waals surface area contributed by atoms with Crippen LogP contribution in [0, 0.1) is 13.8 Å². The van der Waals surface area contributed by atoms with E-state index in [4.69, 9.17) is 4.74 Å². The quantitative estimate of drug-likeness (QED) is 0.867. The van der Waals surface area contributed by atoms with Crippen molar-refractivity contribution in [3.05, 3.63) is 53.6 Å². The van der Waals surface area contributed by atoms with Crippen molar-refractivity contribution >= 4 is 17.6 Å². The van der Waals surface area contributed by atoms with Gasteiger partial charge in [-0.05, 0) is 31.0 Å². The van der Waals surface area contributed by atoms with Gasteiger partial charge in [-0.15, -0.1) is 0 Å². The number of carbonyl (C=O) groups is 2. The van der Waals surface area contributed by atoms with E-state index >= 15 is 0 Å². The Morgan fingerprint density at radius 2 is 2.05 bits per heavy atom. The van der Waals surface area contributed by atoms with E-state index < -0.39 is 11.9 Å². The molecule has 0 aliphatic carbocycles. The van der Waals surface area contributed by atoms with Crippen LogP contribution in [0.3, 0.4) is 0 Å². The molecule has 2 rings (SSSR count). The lowest BCUT2D eigenvalue weighted by Gasteiger charge is -2.10. The van der Waals surface area contributed by atoms with Gasteiger partial charge in [0, 0.05) is 18.1 Å². The Morgan fingerprint density at radius 3 is 2.76 bits per heavy atom. The fraction of sp³-hybridized carbons (Fsp3) is 0.200. The molecule has 1 amide bonds. The molecule has 108 valence electrons. The Morgan fingerprint density at radius 1 is 1.24 bits per heavy atom. The highest BCUT2D eigenvalue weighted by Gasteiger charge is 2.12. The van der Waals surface area contributed by atoms with E-state index in [1.165, 1.54) is 18.6 Å². The molecule has 0 bridgehead atoms. The molecule has 0 aliphatic heterocycles. The molecule has 1 aromatic carbocycles. The minimum Gasteiger partial charge on any atom is -0.451 e. The van der Waals surface area contributed by atoms with Gasteiger partial charge in [-0.2, -0.15) is 0 Å². The Labute approximate surface area is 122 Å². The van der Waals surface area contributed by atoms with Crippen molar-refractivity contribution in [3.8, 4) is 0 Å². The number of hydrogen-bond acceptors (Lipinski definition) is 5. The summed E-state index contributed by atoms with van der Waals surface area (Å²) >= 11 is 0. The van der Waals surface area contributed by atoms with Crippen molar-refractivity contribution in [1.82, 2.24) is 9.97 Å². The van der Waals surface area contributed by atoms with Crippen LogP contribution < -0.4 is 5.32 Å². The third-order valence-electron chi connectivity index (χ3n) is 2.99. The average Bonchev–Trinajstić information content (AvgIpc) is 2.50. The molecule has 2 aromatic rings. The Bertz CT molecular complexity index is 656. The van der Waals surface area contributed by atoms with E-state index in [1.807, 2.05) is 26.0 Å².